The zero-order valence-corrected chi connectivity index (χ0v) is 65.8. The van der Waals surface area contributed by atoms with Crippen LogP contribution in [0.3, 0.4) is 0 Å². The quantitative estimate of drug-likeness (QED) is 0.0919. The molecule has 4 aliphatic rings. The summed E-state index contributed by atoms with van der Waals surface area (Å²) in [7, 11) is -14.5. The Labute approximate surface area is 635 Å². The van der Waals surface area contributed by atoms with Crippen molar-refractivity contribution in [1.29, 1.82) is 5.26 Å². The molecule has 0 unspecified atom stereocenters. The number of aryl methyl sites for hydroxylation is 8. The molecule has 586 valence electrons. The van der Waals surface area contributed by atoms with Gasteiger partial charge < -0.3 is 34.1 Å². The number of pyridine rings is 2. The van der Waals surface area contributed by atoms with Gasteiger partial charge >= 0.3 is 6.15 Å². The van der Waals surface area contributed by atoms with Crippen molar-refractivity contribution in [3.05, 3.63) is 124 Å². The molecule has 109 heavy (non-hydrogen) atoms. The van der Waals surface area contributed by atoms with E-state index in [1.165, 1.54) is 37.2 Å². The van der Waals surface area contributed by atoms with Crippen LogP contribution in [0.4, 0.5) is 23.0 Å². The summed E-state index contributed by atoms with van der Waals surface area (Å²) in [5.74, 6) is 1.69. The van der Waals surface area contributed by atoms with Gasteiger partial charge in [-0.2, -0.15) is 53.4 Å². The first kappa shape index (κ1) is 85.0. The Morgan fingerprint density at radius 2 is 0.881 bits per heavy atom. The van der Waals surface area contributed by atoms with E-state index >= 15 is 0 Å². The third-order valence-electron chi connectivity index (χ3n) is 19.2. The third kappa shape index (κ3) is 23.2. The predicted octanol–water partition coefficient (Wildman–Crippen LogP) is 3.26. The largest absolute Gasteiger partial charge is 0.428 e. The lowest BCUT2D eigenvalue weighted by Crippen LogP contribution is -2.43. The number of anilines is 4. The van der Waals surface area contributed by atoms with E-state index in [-0.39, 0.29) is 37.5 Å². The number of fused-ring (bicyclic) bond motifs is 4. The second kappa shape index (κ2) is 37.7. The van der Waals surface area contributed by atoms with E-state index in [1.54, 1.807) is 28.4 Å². The van der Waals surface area contributed by atoms with Gasteiger partial charge in [0, 0.05) is 158 Å². The third-order valence-corrected chi connectivity index (χ3v) is 22.7. The number of nitrogens with zero attached hydrogens (tertiary/aromatic N) is 15. The van der Waals surface area contributed by atoms with Crippen molar-refractivity contribution in [3.63, 3.8) is 0 Å². The minimum Gasteiger partial charge on any atom is -0.428 e. The first-order valence-electron chi connectivity index (χ1n) is 35.1. The Kier molecular flexibility index (Phi) is 29.4. The number of hydrogen-bond donors (Lipinski definition) is 5. The lowest BCUT2D eigenvalue weighted by atomic mass is 10.0. The van der Waals surface area contributed by atoms with Crippen LogP contribution in [-0.2, 0) is 64.6 Å². The molecule has 0 atom stereocenters. The number of nitrogens with one attached hydrogen (secondary N) is 2. The molecule has 4 aromatic carbocycles. The fraction of sp³-hybridized carbons (Fsp3) is 0.451. The van der Waals surface area contributed by atoms with E-state index in [4.69, 9.17) is 29.7 Å². The average Bonchev–Trinajstić information content (AvgIpc) is 1.58. The summed E-state index contributed by atoms with van der Waals surface area (Å²) in [6.45, 7) is 25.5. The van der Waals surface area contributed by atoms with Gasteiger partial charge in [0.15, 0.2) is 0 Å². The second-order valence-corrected chi connectivity index (χ2v) is 33.2. The smallest absolute Gasteiger partial charge is 0.373 e. The zero-order chi connectivity index (χ0) is 79.7. The predicted molar refractivity (Wildman–Crippen MR) is 415 cm³/mol. The maximum atomic E-state index is 12.5. The molecule has 4 fully saturated rings. The summed E-state index contributed by atoms with van der Waals surface area (Å²) in [5.41, 5.74) is 15.0. The van der Waals surface area contributed by atoms with Crippen molar-refractivity contribution in [1.82, 2.24) is 57.8 Å². The normalized spacial score (nSPS) is 15.8. The highest BCUT2D eigenvalue weighted by molar-refractivity contribution is 7.88. The number of hydrogen-bond acceptors (Lipinski definition) is 25. The summed E-state index contributed by atoms with van der Waals surface area (Å²) in [6, 6.07) is 18.4. The molecular formula is C71H94N20O14S4. The summed E-state index contributed by atoms with van der Waals surface area (Å²) in [5, 5.41) is 29.0. The Bertz CT molecular complexity index is 5230. The van der Waals surface area contributed by atoms with Gasteiger partial charge in [0.1, 0.15) is 36.1 Å². The Morgan fingerprint density at radius 1 is 0.477 bits per heavy atom. The number of sulfonamides is 1. The lowest BCUT2D eigenvalue weighted by molar-refractivity contribution is -0.191. The van der Waals surface area contributed by atoms with Crippen LogP contribution in [0.2, 0.25) is 0 Å². The van der Waals surface area contributed by atoms with E-state index < -0.39 is 40.7 Å². The number of ether oxygens (including phenoxy) is 1. The molecule has 0 spiro atoms. The standard InChI is InChI=1S/C21H27N5O3S.C19H27N5O3S.C15H19N5O4S.C15H21N5O2S.CO2/c1-15-11-18-19(12-16(15)2)23-14-17(13-22)21(18)26-8-4-7-25(9-10-26)20(27)5-6-24-30(3,28)29;1-13-9-16-17(10-14(13)2)21-11-15(3)19(16)24-6-4-5-23(7-8-24)18(25)12-22-28(20,26)27;1-11-7-12-13(8-14(11)24-10-21)17-9-18-15(12)19-3-2-4-20(6-5-19)25(16,22)23;1-11-8-13-14(9-12(11)2)17-10-18-15(13)19-4-3-5-20(7-6-19)23(16,21)22;2-1-3/h11-12,14,24H,4-10H2,1-3H3;9-11,22H,4-8,12H2,1-3H3,(H2,20,26,27);7-10H,2-6H2,1H3,(H2,16,22,23);8-10H,3-7H2,1-2H3,(H2,16,21,22);. The first-order valence-corrected chi connectivity index (χ1v) is 41.5. The fourth-order valence-corrected chi connectivity index (χ4v) is 15.5. The Balaban J connectivity index is 0.000000181. The highest BCUT2D eigenvalue weighted by Gasteiger charge is 2.29. The molecule has 4 saturated heterocycles. The van der Waals surface area contributed by atoms with Crippen LogP contribution in [-0.4, -0.2) is 230 Å². The van der Waals surface area contributed by atoms with Crippen LogP contribution < -0.4 is 49.2 Å². The molecule has 8 heterocycles. The van der Waals surface area contributed by atoms with Crippen molar-refractivity contribution in [2.75, 3.05) is 144 Å². The van der Waals surface area contributed by atoms with Crippen molar-refractivity contribution >= 4 is 132 Å². The second-order valence-electron chi connectivity index (χ2n) is 26.9. The number of benzene rings is 4. The van der Waals surface area contributed by atoms with Gasteiger partial charge in [-0.1, -0.05) is 0 Å². The monoisotopic (exact) mass is 1580 g/mol. The molecule has 8 N–H and O–H groups in total. The van der Waals surface area contributed by atoms with Gasteiger partial charge in [0.25, 0.3) is 37.1 Å². The highest BCUT2D eigenvalue weighted by atomic mass is 32.2. The highest BCUT2D eigenvalue weighted by Crippen LogP contribution is 2.35. The molecule has 8 aromatic rings. The SMILES string of the molecule is Cc1cc2c(N3CCCN(S(N)(=O)=O)CC3)ncnc2cc1OC=O.Cc1cc2ncc(C#N)c(N3CCCN(C(=O)CCNS(C)(=O)=O)CC3)c2cc1C.Cc1cc2ncc(C)c(N3CCCN(C(=O)CNS(N)(=O)=O)CC3)c2cc1C.Cc1cc2ncnc(N3CCCN(S(N)(=O)=O)CC3)c2cc1C.O=C=O. The van der Waals surface area contributed by atoms with Gasteiger partial charge in [-0.05, 0) is 168 Å². The maximum absolute atomic E-state index is 12.5. The van der Waals surface area contributed by atoms with Crippen molar-refractivity contribution in [3.8, 4) is 11.8 Å². The number of nitriles is 1. The van der Waals surface area contributed by atoms with Gasteiger partial charge in [-0.25, -0.2) is 48.5 Å². The minimum absolute atomic E-state index is 0.0698. The van der Waals surface area contributed by atoms with Crippen molar-refractivity contribution < 1.29 is 62.4 Å². The van der Waals surface area contributed by atoms with E-state index in [9.17, 15) is 53.3 Å². The van der Waals surface area contributed by atoms with Gasteiger partial charge in [-0.15, -0.1) is 0 Å². The van der Waals surface area contributed by atoms with Gasteiger partial charge in [0.2, 0.25) is 21.8 Å². The van der Waals surface area contributed by atoms with Crippen molar-refractivity contribution in [2.24, 2.45) is 15.4 Å². The van der Waals surface area contributed by atoms with Crippen LogP contribution in [0.15, 0.2) is 73.6 Å². The van der Waals surface area contributed by atoms with E-state index in [1.807, 2.05) is 44.0 Å². The van der Waals surface area contributed by atoms with E-state index in [2.05, 4.69) is 125 Å². The summed E-state index contributed by atoms with van der Waals surface area (Å²) in [6.07, 6.45) is 10.9. The summed E-state index contributed by atoms with van der Waals surface area (Å²) < 4.78 is 103. The molecule has 12 rings (SSSR count). The fourth-order valence-electron chi connectivity index (χ4n) is 13.3. The van der Waals surface area contributed by atoms with Gasteiger partial charge in [0.05, 0.1) is 51.8 Å². The Morgan fingerprint density at radius 3 is 1.35 bits per heavy atom. The van der Waals surface area contributed by atoms with E-state index in [0.29, 0.717) is 121 Å². The molecular weight excluding hydrogens is 1490 g/mol. The number of amides is 2. The number of rotatable bonds is 15. The molecule has 2 amide bonds. The van der Waals surface area contributed by atoms with Crippen LogP contribution in [0.1, 0.15) is 82.2 Å². The average molecular weight is 1580 g/mol. The number of aromatic nitrogens is 6. The van der Waals surface area contributed by atoms with Crippen LogP contribution in [0, 0.1) is 66.7 Å². The number of nitrogens with two attached hydrogens (primary N) is 3. The maximum Gasteiger partial charge on any atom is 0.373 e. The van der Waals surface area contributed by atoms with Gasteiger partial charge in [-0.3, -0.25) is 24.4 Å². The molecule has 0 saturated carbocycles. The Hall–Kier alpha value is -9.62. The summed E-state index contributed by atoms with van der Waals surface area (Å²) in [4.78, 5) is 90.2. The van der Waals surface area contributed by atoms with Crippen LogP contribution >= 0.6 is 0 Å². The first-order chi connectivity index (χ1) is 51.5. The molecule has 4 aliphatic heterocycles. The molecule has 0 radical (unpaired) electrons. The molecule has 0 aliphatic carbocycles. The topological polar surface area (TPSA) is 460 Å². The van der Waals surface area contributed by atoms with Crippen LogP contribution in [0.25, 0.3) is 43.6 Å². The van der Waals surface area contributed by atoms with Crippen molar-refractivity contribution in [2.45, 2.75) is 87.5 Å². The molecule has 38 heteroatoms. The minimum atomic E-state index is -3.87. The number of carbonyl (C=O) groups is 3. The molecule has 0 bridgehead atoms. The summed E-state index contributed by atoms with van der Waals surface area (Å²) >= 11 is 0. The van der Waals surface area contributed by atoms with E-state index in [0.717, 1.165) is 122 Å². The molecule has 34 nitrogen and oxygen atoms in total. The lowest BCUT2D eigenvalue weighted by Gasteiger charge is -2.27. The number of carbonyl (C=O) groups excluding carboxylic acids is 5. The zero-order valence-electron chi connectivity index (χ0n) is 62.6. The van der Waals surface area contributed by atoms with Crippen LogP contribution in [0.5, 0.6) is 5.75 Å². The molecule has 4 aromatic heterocycles.